The van der Waals surface area contributed by atoms with Gasteiger partial charge in [-0.3, -0.25) is 4.98 Å². The van der Waals surface area contributed by atoms with E-state index in [9.17, 15) is 0 Å². The summed E-state index contributed by atoms with van der Waals surface area (Å²) in [6, 6.07) is 10.3. The molecule has 2 rings (SSSR count). The van der Waals surface area contributed by atoms with Crippen LogP contribution in [0.3, 0.4) is 0 Å². The molecule has 3 nitrogen and oxygen atoms in total. The van der Waals surface area contributed by atoms with Gasteiger partial charge >= 0.3 is 0 Å². The van der Waals surface area contributed by atoms with Crippen molar-refractivity contribution in [3.63, 3.8) is 0 Å². The highest BCUT2D eigenvalue weighted by Gasteiger charge is 2.06. The average molecular weight is 270 g/mol. The summed E-state index contributed by atoms with van der Waals surface area (Å²) in [4.78, 5) is 4.34. The van der Waals surface area contributed by atoms with Crippen molar-refractivity contribution in [1.29, 1.82) is 0 Å². The second-order valence-corrected chi connectivity index (χ2v) is 4.71. The Hall–Kier alpha value is -1.87. The maximum absolute atomic E-state index is 5.82. The van der Waals surface area contributed by atoms with Gasteiger partial charge in [-0.05, 0) is 30.7 Å². The molecule has 1 N–H and O–H groups in total. The fraction of sp³-hybridized carbons (Fsp3) is 0.353. The second kappa shape index (κ2) is 7.65. The summed E-state index contributed by atoms with van der Waals surface area (Å²) in [7, 11) is 0. The second-order valence-electron chi connectivity index (χ2n) is 4.71. The van der Waals surface area contributed by atoms with Gasteiger partial charge in [0.2, 0.25) is 0 Å². The van der Waals surface area contributed by atoms with Gasteiger partial charge < -0.3 is 10.1 Å². The van der Waals surface area contributed by atoms with Crippen LogP contribution in [0.1, 0.15) is 25.8 Å². The monoisotopic (exact) mass is 270 g/mol. The first-order valence-electron chi connectivity index (χ1n) is 7.22. The van der Waals surface area contributed by atoms with Crippen LogP contribution in [-0.2, 0) is 6.54 Å². The maximum Gasteiger partial charge on any atom is 0.127 e. The normalized spacial score (nSPS) is 10.5. The molecule has 2 aromatic rings. The standard InChI is InChI=1S/C17H22N2O/c1-3-9-20-17-8-6-5-7-16(17)15-10-14(11-18-4-2)12-19-13-15/h5-8,10,12-13,18H,3-4,9,11H2,1-2H3. The summed E-state index contributed by atoms with van der Waals surface area (Å²) in [6.07, 6.45) is 4.80. The summed E-state index contributed by atoms with van der Waals surface area (Å²) in [5.41, 5.74) is 3.40. The SMILES string of the molecule is CCCOc1ccccc1-c1cncc(CNCC)c1. The maximum atomic E-state index is 5.82. The molecule has 106 valence electrons. The Kier molecular flexibility index (Phi) is 5.56. The predicted molar refractivity (Wildman–Crippen MR) is 82.8 cm³/mol. The Balaban J connectivity index is 2.26. The van der Waals surface area contributed by atoms with Crippen LogP contribution in [0.5, 0.6) is 5.75 Å². The van der Waals surface area contributed by atoms with E-state index in [1.165, 1.54) is 5.56 Å². The van der Waals surface area contributed by atoms with Crippen molar-refractivity contribution in [2.24, 2.45) is 0 Å². The third-order valence-electron chi connectivity index (χ3n) is 3.03. The van der Waals surface area contributed by atoms with Crippen LogP contribution in [0.25, 0.3) is 11.1 Å². The van der Waals surface area contributed by atoms with Gasteiger partial charge in [0.25, 0.3) is 0 Å². The fourth-order valence-electron chi connectivity index (χ4n) is 2.04. The van der Waals surface area contributed by atoms with Crippen molar-refractivity contribution in [2.75, 3.05) is 13.2 Å². The number of rotatable bonds is 7. The minimum Gasteiger partial charge on any atom is -0.493 e. The molecule has 0 aliphatic carbocycles. The Morgan fingerprint density at radius 2 is 2.00 bits per heavy atom. The number of hydrogen-bond acceptors (Lipinski definition) is 3. The van der Waals surface area contributed by atoms with Crippen LogP contribution in [-0.4, -0.2) is 18.1 Å². The summed E-state index contributed by atoms with van der Waals surface area (Å²) >= 11 is 0. The molecule has 1 aromatic carbocycles. The van der Waals surface area contributed by atoms with Gasteiger partial charge in [-0.1, -0.05) is 32.0 Å². The zero-order valence-electron chi connectivity index (χ0n) is 12.2. The molecule has 0 saturated heterocycles. The van der Waals surface area contributed by atoms with E-state index in [0.29, 0.717) is 0 Å². The minimum absolute atomic E-state index is 0.738. The summed E-state index contributed by atoms with van der Waals surface area (Å²) in [5.74, 6) is 0.928. The van der Waals surface area contributed by atoms with E-state index in [4.69, 9.17) is 4.74 Å². The van der Waals surface area contributed by atoms with E-state index >= 15 is 0 Å². The van der Waals surface area contributed by atoms with E-state index in [-0.39, 0.29) is 0 Å². The Bertz CT molecular complexity index is 540. The highest BCUT2D eigenvalue weighted by molar-refractivity contribution is 5.70. The van der Waals surface area contributed by atoms with Gasteiger partial charge in [0.1, 0.15) is 5.75 Å². The minimum atomic E-state index is 0.738. The lowest BCUT2D eigenvalue weighted by molar-refractivity contribution is 0.318. The lowest BCUT2D eigenvalue weighted by Crippen LogP contribution is -2.11. The largest absolute Gasteiger partial charge is 0.493 e. The molecule has 1 aromatic heterocycles. The quantitative estimate of drug-likeness (QED) is 0.834. The average Bonchev–Trinajstić information content (AvgIpc) is 2.51. The molecule has 1 heterocycles. The van der Waals surface area contributed by atoms with Gasteiger partial charge in [0.15, 0.2) is 0 Å². The smallest absolute Gasteiger partial charge is 0.127 e. The first kappa shape index (κ1) is 14.5. The molecule has 0 saturated carbocycles. The van der Waals surface area contributed by atoms with E-state index in [0.717, 1.165) is 43.0 Å². The fourth-order valence-corrected chi connectivity index (χ4v) is 2.04. The molecule has 0 unspecified atom stereocenters. The summed E-state index contributed by atoms with van der Waals surface area (Å²) in [6.45, 7) is 6.75. The van der Waals surface area contributed by atoms with Gasteiger partial charge in [0, 0.05) is 30.1 Å². The molecule has 0 atom stereocenters. The third-order valence-corrected chi connectivity index (χ3v) is 3.03. The molecule has 0 aliphatic heterocycles. The number of aromatic nitrogens is 1. The number of nitrogens with zero attached hydrogens (tertiary/aromatic N) is 1. The lowest BCUT2D eigenvalue weighted by Gasteiger charge is -2.11. The van der Waals surface area contributed by atoms with Crippen molar-refractivity contribution >= 4 is 0 Å². The van der Waals surface area contributed by atoms with Crippen LogP contribution in [0, 0.1) is 0 Å². The number of nitrogens with one attached hydrogen (secondary N) is 1. The first-order chi connectivity index (χ1) is 9.85. The van der Waals surface area contributed by atoms with E-state index in [2.05, 4.69) is 36.3 Å². The van der Waals surface area contributed by atoms with Gasteiger partial charge in [0.05, 0.1) is 6.61 Å². The molecule has 0 fully saturated rings. The van der Waals surface area contributed by atoms with Crippen molar-refractivity contribution in [1.82, 2.24) is 10.3 Å². The van der Waals surface area contributed by atoms with E-state index in [1.54, 1.807) is 0 Å². The zero-order valence-corrected chi connectivity index (χ0v) is 12.2. The molecule has 0 amide bonds. The molecule has 0 radical (unpaired) electrons. The first-order valence-corrected chi connectivity index (χ1v) is 7.22. The summed E-state index contributed by atoms with van der Waals surface area (Å²) < 4.78 is 5.82. The zero-order chi connectivity index (χ0) is 14.2. The van der Waals surface area contributed by atoms with E-state index < -0.39 is 0 Å². The molecular formula is C17H22N2O. The Labute approximate surface area is 121 Å². The topological polar surface area (TPSA) is 34.1 Å². The number of benzene rings is 1. The molecule has 3 heteroatoms. The Morgan fingerprint density at radius 1 is 1.15 bits per heavy atom. The van der Waals surface area contributed by atoms with Crippen LogP contribution in [0.4, 0.5) is 0 Å². The van der Waals surface area contributed by atoms with Crippen LogP contribution >= 0.6 is 0 Å². The van der Waals surface area contributed by atoms with Gasteiger partial charge in [-0.2, -0.15) is 0 Å². The molecule has 0 bridgehead atoms. The molecular weight excluding hydrogens is 248 g/mol. The number of para-hydroxylation sites is 1. The number of ether oxygens (including phenoxy) is 1. The highest BCUT2D eigenvalue weighted by atomic mass is 16.5. The number of pyridine rings is 1. The van der Waals surface area contributed by atoms with Crippen molar-refractivity contribution in [3.8, 4) is 16.9 Å². The van der Waals surface area contributed by atoms with Crippen LogP contribution in [0.2, 0.25) is 0 Å². The highest BCUT2D eigenvalue weighted by Crippen LogP contribution is 2.29. The lowest BCUT2D eigenvalue weighted by atomic mass is 10.0. The van der Waals surface area contributed by atoms with Crippen LogP contribution in [0.15, 0.2) is 42.7 Å². The Morgan fingerprint density at radius 3 is 2.80 bits per heavy atom. The van der Waals surface area contributed by atoms with Crippen molar-refractivity contribution < 1.29 is 4.74 Å². The molecule has 0 aliphatic rings. The third kappa shape index (κ3) is 3.81. The van der Waals surface area contributed by atoms with E-state index in [1.807, 2.05) is 30.6 Å². The molecule has 0 spiro atoms. The van der Waals surface area contributed by atoms with Crippen molar-refractivity contribution in [3.05, 3.63) is 48.3 Å². The number of hydrogen-bond donors (Lipinski definition) is 1. The van der Waals surface area contributed by atoms with Crippen LogP contribution < -0.4 is 10.1 Å². The van der Waals surface area contributed by atoms with Gasteiger partial charge in [-0.25, -0.2) is 0 Å². The predicted octanol–water partition coefficient (Wildman–Crippen LogP) is 3.65. The molecule has 20 heavy (non-hydrogen) atoms. The van der Waals surface area contributed by atoms with Gasteiger partial charge in [-0.15, -0.1) is 0 Å². The summed E-state index contributed by atoms with van der Waals surface area (Å²) in [5, 5.41) is 3.32. The van der Waals surface area contributed by atoms with Crippen molar-refractivity contribution in [2.45, 2.75) is 26.8 Å².